The number of nitrogens with zero attached hydrogens (tertiary/aromatic N) is 4. The molecule has 2 aliphatic rings. The van der Waals surface area contributed by atoms with Gasteiger partial charge in [0.15, 0.2) is 0 Å². The van der Waals surface area contributed by atoms with Crippen molar-refractivity contribution < 1.29 is 9.47 Å². The largest absolute Gasteiger partial charge is 0.477 e. The lowest BCUT2D eigenvalue weighted by Gasteiger charge is -2.53. The molecule has 0 aliphatic carbocycles. The van der Waals surface area contributed by atoms with Crippen molar-refractivity contribution in [2.24, 2.45) is 5.92 Å². The molecule has 6 heteroatoms. The van der Waals surface area contributed by atoms with Crippen molar-refractivity contribution in [3.63, 3.8) is 0 Å². The molecule has 2 fully saturated rings. The molecule has 2 aromatic rings. The van der Waals surface area contributed by atoms with Crippen LogP contribution in [0.5, 0.6) is 5.88 Å². The van der Waals surface area contributed by atoms with Crippen LogP contribution in [0.4, 0.5) is 0 Å². The van der Waals surface area contributed by atoms with Crippen molar-refractivity contribution in [2.45, 2.75) is 31.4 Å². The maximum absolute atomic E-state index is 6.14. The highest BCUT2D eigenvalue weighted by atomic mass is 16.5. The van der Waals surface area contributed by atoms with E-state index in [4.69, 9.17) is 9.47 Å². The zero-order valence-electron chi connectivity index (χ0n) is 14.4. The van der Waals surface area contributed by atoms with E-state index in [2.05, 4.69) is 25.9 Å². The normalized spacial score (nSPS) is 22.5. The molecule has 4 heterocycles. The van der Waals surface area contributed by atoms with Gasteiger partial charge in [-0.05, 0) is 36.8 Å². The molecule has 0 amide bonds. The van der Waals surface area contributed by atoms with E-state index in [1.807, 2.05) is 18.5 Å². The average molecular weight is 340 g/mol. The van der Waals surface area contributed by atoms with Crippen molar-refractivity contribution in [1.82, 2.24) is 19.9 Å². The van der Waals surface area contributed by atoms with E-state index in [1.165, 1.54) is 5.56 Å². The predicted molar refractivity (Wildman–Crippen MR) is 93.1 cm³/mol. The number of pyridine rings is 1. The lowest BCUT2D eigenvalue weighted by molar-refractivity contribution is -0.182. The van der Waals surface area contributed by atoms with E-state index in [1.54, 1.807) is 18.6 Å². The van der Waals surface area contributed by atoms with Crippen LogP contribution in [0.1, 0.15) is 24.8 Å². The summed E-state index contributed by atoms with van der Waals surface area (Å²) in [5.74, 6) is 1.27. The van der Waals surface area contributed by atoms with Crippen LogP contribution in [0.3, 0.4) is 0 Å². The molecule has 1 unspecified atom stereocenters. The Labute approximate surface area is 148 Å². The summed E-state index contributed by atoms with van der Waals surface area (Å²) in [7, 11) is 0. The average Bonchev–Trinajstić information content (AvgIpc) is 2.63. The van der Waals surface area contributed by atoms with E-state index >= 15 is 0 Å². The van der Waals surface area contributed by atoms with Gasteiger partial charge in [0.1, 0.15) is 0 Å². The van der Waals surface area contributed by atoms with E-state index in [9.17, 15) is 0 Å². The fraction of sp³-hybridized carbons (Fsp3) is 0.526. The van der Waals surface area contributed by atoms with Crippen molar-refractivity contribution in [3.8, 4) is 5.88 Å². The Balaban J connectivity index is 1.22. The maximum Gasteiger partial charge on any atom is 0.232 e. The Morgan fingerprint density at radius 2 is 2.12 bits per heavy atom. The summed E-state index contributed by atoms with van der Waals surface area (Å²) in [4.78, 5) is 14.8. The van der Waals surface area contributed by atoms with Gasteiger partial charge in [0.05, 0.1) is 18.4 Å². The van der Waals surface area contributed by atoms with Gasteiger partial charge in [-0.2, -0.15) is 0 Å². The molecule has 25 heavy (non-hydrogen) atoms. The Kier molecular flexibility index (Phi) is 4.90. The van der Waals surface area contributed by atoms with Crippen LogP contribution in [0, 0.1) is 5.92 Å². The van der Waals surface area contributed by atoms with Crippen LogP contribution in [-0.4, -0.2) is 51.8 Å². The van der Waals surface area contributed by atoms with Crippen molar-refractivity contribution in [2.75, 3.05) is 26.3 Å². The number of hydrogen-bond acceptors (Lipinski definition) is 6. The maximum atomic E-state index is 6.14. The Morgan fingerprint density at radius 1 is 1.20 bits per heavy atom. The van der Waals surface area contributed by atoms with Crippen LogP contribution in [0.2, 0.25) is 0 Å². The smallest absolute Gasteiger partial charge is 0.232 e. The third-order valence-corrected chi connectivity index (χ3v) is 5.06. The monoisotopic (exact) mass is 340 g/mol. The molecule has 1 atom stereocenters. The zero-order valence-corrected chi connectivity index (χ0v) is 14.4. The summed E-state index contributed by atoms with van der Waals surface area (Å²) in [5.41, 5.74) is 1.32. The van der Waals surface area contributed by atoms with Gasteiger partial charge < -0.3 is 9.47 Å². The van der Waals surface area contributed by atoms with Gasteiger partial charge in [0.2, 0.25) is 5.88 Å². The number of aromatic nitrogens is 3. The first kappa shape index (κ1) is 16.4. The Bertz CT molecular complexity index is 662. The molecule has 0 saturated carbocycles. The molecule has 1 spiro atoms. The second-order valence-corrected chi connectivity index (χ2v) is 7.08. The second-order valence-electron chi connectivity index (χ2n) is 7.08. The van der Waals surface area contributed by atoms with Gasteiger partial charge in [-0.1, -0.05) is 6.07 Å². The Hall–Kier alpha value is -2.05. The highest BCUT2D eigenvalue weighted by molar-refractivity contribution is 5.11. The lowest BCUT2D eigenvalue weighted by Crippen LogP contribution is -2.64. The third-order valence-electron chi connectivity index (χ3n) is 5.06. The summed E-state index contributed by atoms with van der Waals surface area (Å²) >= 11 is 0. The van der Waals surface area contributed by atoms with Gasteiger partial charge in [0.25, 0.3) is 0 Å². The van der Waals surface area contributed by atoms with E-state index in [0.717, 1.165) is 45.5 Å². The van der Waals surface area contributed by atoms with Gasteiger partial charge >= 0.3 is 0 Å². The van der Waals surface area contributed by atoms with E-state index in [-0.39, 0.29) is 5.60 Å². The minimum atomic E-state index is 0.0533. The first-order valence-corrected chi connectivity index (χ1v) is 8.95. The van der Waals surface area contributed by atoms with Crippen LogP contribution in [-0.2, 0) is 11.3 Å². The minimum absolute atomic E-state index is 0.0533. The minimum Gasteiger partial charge on any atom is -0.477 e. The standard InChI is InChI=1S/C19H24N4O2/c1-2-17(11-20-5-1)13-23-14-19(15-23)10-16(4-9-25-19)3-8-24-18-12-21-6-7-22-18/h1-2,5-7,11-12,16H,3-4,8-10,13-15H2. The van der Waals surface area contributed by atoms with Crippen LogP contribution in [0.15, 0.2) is 43.1 Å². The molecular weight excluding hydrogens is 316 g/mol. The third kappa shape index (κ3) is 4.14. The highest BCUT2D eigenvalue weighted by Gasteiger charge is 2.47. The molecular formula is C19H24N4O2. The number of hydrogen-bond donors (Lipinski definition) is 0. The van der Waals surface area contributed by atoms with Gasteiger partial charge in [-0.25, -0.2) is 4.98 Å². The molecule has 6 nitrogen and oxygen atoms in total. The SMILES string of the molecule is c1cncc(CN2CC3(CC(CCOc4cnccn4)CCO3)C2)c1. The van der Waals surface area contributed by atoms with Crippen LogP contribution >= 0.6 is 0 Å². The molecule has 2 saturated heterocycles. The van der Waals surface area contributed by atoms with Crippen molar-refractivity contribution in [1.29, 1.82) is 0 Å². The molecule has 132 valence electrons. The van der Waals surface area contributed by atoms with Crippen molar-refractivity contribution >= 4 is 0 Å². The number of likely N-dealkylation sites (tertiary alicyclic amines) is 1. The van der Waals surface area contributed by atoms with E-state index in [0.29, 0.717) is 18.4 Å². The molecule has 2 aromatic heterocycles. The fourth-order valence-corrected chi connectivity index (χ4v) is 3.92. The number of ether oxygens (including phenoxy) is 2. The second kappa shape index (κ2) is 7.45. The summed E-state index contributed by atoms with van der Waals surface area (Å²) in [6.45, 7) is 4.54. The molecule has 0 bridgehead atoms. The van der Waals surface area contributed by atoms with Crippen LogP contribution in [0.25, 0.3) is 0 Å². The Morgan fingerprint density at radius 3 is 2.92 bits per heavy atom. The summed E-state index contributed by atoms with van der Waals surface area (Å²) in [6, 6.07) is 4.13. The molecule has 0 N–H and O–H groups in total. The molecule has 0 radical (unpaired) electrons. The highest BCUT2D eigenvalue weighted by Crippen LogP contribution is 2.38. The first-order chi connectivity index (χ1) is 12.3. The van der Waals surface area contributed by atoms with Gasteiger partial charge in [0, 0.05) is 51.0 Å². The summed E-state index contributed by atoms with van der Waals surface area (Å²) in [5, 5.41) is 0. The molecule has 2 aliphatic heterocycles. The zero-order chi connectivity index (χ0) is 17.0. The van der Waals surface area contributed by atoms with Crippen molar-refractivity contribution in [3.05, 3.63) is 48.7 Å². The lowest BCUT2D eigenvalue weighted by atomic mass is 9.79. The van der Waals surface area contributed by atoms with Crippen LogP contribution < -0.4 is 4.74 Å². The quantitative estimate of drug-likeness (QED) is 0.804. The topological polar surface area (TPSA) is 60.4 Å². The number of rotatable bonds is 6. The fourth-order valence-electron chi connectivity index (χ4n) is 3.92. The predicted octanol–water partition coefficient (Wildman–Crippen LogP) is 2.32. The first-order valence-electron chi connectivity index (χ1n) is 8.95. The van der Waals surface area contributed by atoms with E-state index < -0.39 is 0 Å². The molecule has 0 aromatic carbocycles. The summed E-state index contributed by atoms with van der Waals surface area (Å²) in [6.07, 6.45) is 12.0. The molecule has 4 rings (SSSR count). The van der Waals surface area contributed by atoms with Gasteiger partial charge in [-0.15, -0.1) is 0 Å². The summed E-state index contributed by atoms with van der Waals surface area (Å²) < 4.78 is 11.8. The van der Waals surface area contributed by atoms with Gasteiger partial charge in [-0.3, -0.25) is 14.9 Å².